The molecular formula is C11H14BrFN2O. The van der Waals surface area contributed by atoms with Crippen molar-refractivity contribution >= 4 is 21.8 Å². The van der Waals surface area contributed by atoms with Gasteiger partial charge in [-0.15, -0.1) is 0 Å². The second-order valence-electron chi connectivity index (χ2n) is 3.65. The van der Waals surface area contributed by atoms with Crippen LogP contribution in [0.5, 0.6) is 0 Å². The van der Waals surface area contributed by atoms with E-state index >= 15 is 0 Å². The molecule has 1 heterocycles. The first-order chi connectivity index (χ1) is 7.52. The van der Waals surface area contributed by atoms with Crippen LogP contribution in [0.3, 0.4) is 0 Å². The number of rotatable bonds is 4. The van der Waals surface area contributed by atoms with Crippen LogP contribution in [0.4, 0.5) is 4.39 Å². The average molecular weight is 289 g/mol. The molecule has 1 atom stereocenters. The maximum Gasteiger partial charge on any atom is 0.256 e. The number of halogens is 2. The molecule has 0 aromatic carbocycles. The fourth-order valence-electron chi connectivity index (χ4n) is 1.23. The van der Waals surface area contributed by atoms with Crippen molar-refractivity contribution in [2.24, 2.45) is 0 Å². The summed E-state index contributed by atoms with van der Waals surface area (Å²) >= 11 is 3.40. The zero-order valence-electron chi connectivity index (χ0n) is 9.28. The maximum absolute atomic E-state index is 13.3. The van der Waals surface area contributed by atoms with Gasteiger partial charge in [0, 0.05) is 24.6 Å². The molecule has 0 aliphatic carbocycles. The fraction of sp³-hybridized carbons (Fsp3) is 0.455. The summed E-state index contributed by atoms with van der Waals surface area (Å²) in [5, 5.41) is 0. The molecule has 16 heavy (non-hydrogen) atoms. The van der Waals surface area contributed by atoms with Crippen molar-refractivity contribution in [3.05, 3.63) is 29.8 Å². The highest BCUT2D eigenvalue weighted by Gasteiger charge is 2.15. The smallest absolute Gasteiger partial charge is 0.256 e. The van der Waals surface area contributed by atoms with Crippen molar-refractivity contribution in [1.82, 2.24) is 9.88 Å². The second-order valence-corrected chi connectivity index (χ2v) is 5.21. The third-order valence-corrected chi connectivity index (χ3v) is 2.67. The zero-order chi connectivity index (χ0) is 12.1. The van der Waals surface area contributed by atoms with Gasteiger partial charge in [0.15, 0.2) is 5.82 Å². The summed E-state index contributed by atoms with van der Waals surface area (Å²) in [5.41, 5.74) is 0.0692. The van der Waals surface area contributed by atoms with Gasteiger partial charge in [-0.05, 0) is 12.5 Å². The van der Waals surface area contributed by atoms with Crippen LogP contribution in [-0.4, -0.2) is 34.2 Å². The number of amides is 1. The largest absolute Gasteiger partial charge is 0.342 e. The molecule has 0 aliphatic heterocycles. The Morgan fingerprint density at radius 1 is 1.69 bits per heavy atom. The summed E-state index contributed by atoms with van der Waals surface area (Å²) in [4.78, 5) is 17.3. The molecule has 5 heteroatoms. The van der Waals surface area contributed by atoms with Gasteiger partial charge in [-0.2, -0.15) is 0 Å². The van der Waals surface area contributed by atoms with Crippen LogP contribution < -0.4 is 0 Å². The monoisotopic (exact) mass is 288 g/mol. The van der Waals surface area contributed by atoms with Crippen molar-refractivity contribution in [2.45, 2.75) is 18.2 Å². The van der Waals surface area contributed by atoms with Gasteiger partial charge >= 0.3 is 0 Å². The van der Waals surface area contributed by atoms with E-state index in [4.69, 9.17) is 0 Å². The van der Waals surface area contributed by atoms with Gasteiger partial charge < -0.3 is 4.90 Å². The Hall–Kier alpha value is -0.970. The minimum Gasteiger partial charge on any atom is -0.342 e. The third-order valence-electron chi connectivity index (χ3n) is 2.21. The molecule has 0 saturated carbocycles. The Morgan fingerprint density at radius 3 is 2.94 bits per heavy atom. The number of carbonyl (C=O) groups is 1. The van der Waals surface area contributed by atoms with Crippen LogP contribution >= 0.6 is 15.9 Å². The number of hydrogen-bond donors (Lipinski definition) is 0. The zero-order valence-corrected chi connectivity index (χ0v) is 10.9. The van der Waals surface area contributed by atoms with E-state index in [1.54, 1.807) is 7.05 Å². The molecule has 0 spiro atoms. The summed E-state index contributed by atoms with van der Waals surface area (Å²) in [6.07, 6.45) is 3.29. The lowest BCUT2D eigenvalue weighted by molar-refractivity contribution is 0.0789. The molecule has 3 nitrogen and oxygen atoms in total. The molecular weight excluding hydrogens is 275 g/mol. The Morgan fingerprint density at radius 2 is 2.38 bits per heavy atom. The van der Waals surface area contributed by atoms with Crippen molar-refractivity contribution in [1.29, 1.82) is 0 Å². The van der Waals surface area contributed by atoms with Crippen molar-refractivity contribution < 1.29 is 9.18 Å². The number of alkyl halides is 1. The SMILES string of the molecule is CC(Br)CCN(C)C(=O)c1ccncc1F. The van der Waals surface area contributed by atoms with Gasteiger partial charge in [0.2, 0.25) is 0 Å². The Labute approximate surface area is 103 Å². The molecule has 88 valence electrons. The van der Waals surface area contributed by atoms with E-state index in [0.29, 0.717) is 11.4 Å². The van der Waals surface area contributed by atoms with E-state index in [0.717, 1.165) is 12.6 Å². The average Bonchev–Trinajstić information content (AvgIpc) is 2.25. The van der Waals surface area contributed by atoms with E-state index in [-0.39, 0.29) is 11.5 Å². The predicted molar refractivity (Wildman–Crippen MR) is 64.2 cm³/mol. The molecule has 1 aromatic rings. The first kappa shape index (κ1) is 13.1. The molecule has 1 unspecified atom stereocenters. The van der Waals surface area contributed by atoms with Crippen LogP contribution in [0, 0.1) is 5.82 Å². The topological polar surface area (TPSA) is 33.2 Å². The van der Waals surface area contributed by atoms with Gasteiger partial charge in [-0.25, -0.2) is 4.39 Å². The molecule has 0 radical (unpaired) electrons. The first-order valence-electron chi connectivity index (χ1n) is 5.01. The molecule has 0 saturated heterocycles. The summed E-state index contributed by atoms with van der Waals surface area (Å²) in [7, 11) is 1.66. The highest BCUT2D eigenvalue weighted by Crippen LogP contribution is 2.10. The van der Waals surface area contributed by atoms with E-state index in [1.807, 2.05) is 6.92 Å². The molecule has 1 amide bonds. The van der Waals surface area contributed by atoms with E-state index < -0.39 is 5.82 Å². The normalized spacial score (nSPS) is 12.2. The Kier molecular flexibility index (Phi) is 4.86. The minimum atomic E-state index is -0.578. The number of pyridine rings is 1. The Bertz CT molecular complexity index is 371. The predicted octanol–water partition coefficient (Wildman–Crippen LogP) is 2.47. The van der Waals surface area contributed by atoms with Crippen molar-refractivity contribution in [3.8, 4) is 0 Å². The summed E-state index contributed by atoms with van der Waals surface area (Å²) in [6, 6.07) is 1.39. The van der Waals surface area contributed by atoms with Crippen LogP contribution in [0.15, 0.2) is 18.5 Å². The van der Waals surface area contributed by atoms with Gasteiger partial charge in [0.05, 0.1) is 11.8 Å². The third kappa shape index (κ3) is 3.56. The minimum absolute atomic E-state index is 0.0692. The summed E-state index contributed by atoms with van der Waals surface area (Å²) in [6.45, 7) is 2.60. The maximum atomic E-state index is 13.3. The second kappa shape index (κ2) is 5.94. The highest BCUT2D eigenvalue weighted by molar-refractivity contribution is 9.09. The molecule has 0 N–H and O–H groups in total. The van der Waals surface area contributed by atoms with Crippen LogP contribution in [0.25, 0.3) is 0 Å². The van der Waals surface area contributed by atoms with Crippen molar-refractivity contribution in [3.63, 3.8) is 0 Å². The van der Waals surface area contributed by atoms with Gasteiger partial charge in [0.25, 0.3) is 5.91 Å². The standard InChI is InChI=1S/C11H14BrFN2O/c1-8(12)4-6-15(2)11(16)9-3-5-14-7-10(9)13/h3,5,7-8H,4,6H2,1-2H3. The molecule has 0 aliphatic rings. The Balaban J connectivity index is 2.67. The summed E-state index contributed by atoms with van der Waals surface area (Å²) < 4.78 is 13.3. The lowest BCUT2D eigenvalue weighted by Gasteiger charge is -2.18. The van der Waals surface area contributed by atoms with Crippen molar-refractivity contribution in [2.75, 3.05) is 13.6 Å². The molecule has 1 aromatic heterocycles. The number of nitrogens with zero attached hydrogens (tertiary/aromatic N) is 2. The molecule has 0 fully saturated rings. The lowest BCUT2D eigenvalue weighted by atomic mass is 10.2. The van der Waals surface area contributed by atoms with Gasteiger partial charge in [-0.1, -0.05) is 22.9 Å². The molecule has 1 rings (SSSR count). The number of carbonyl (C=O) groups excluding carboxylic acids is 1. The van der Waals surface area contributed by atoms with E-state index in [9.17, 15) is 9.18 Å². The van der Waals surface area contributed by atoms with Gasteiger partial charge in [0.1, 0.15) is 0 Å². The van der Waals surface area contributed by atoms with Gasteiger partial charge in [-0.3, -0.25) is 9.78 Å². The number of aromatic nitrogens is 1. The highest BCUT2D eigenvalue weighted by atomic mass is 79.9. The van der Waals surface area contributed by atoms with E-state index in [2.05, 4.69) is 20.9 Å². The quantitative estimate of drug-likeness (QED) is 0.798. The number of hydrogen-bond acceptors (Lipinski definition) is 2. The summed E-state index contributed by atoms with van der Waals surface area (Å²) in [5.74, 6) is -0.890. The van der Waals surface area contributed by atoms with Crippen LogP contribution in [0.1, 0.15) is 23.7 Å². The van der Waals surface area contributed by atoms with Crippen LogP contribution in [-0.2, 0) is 0 Å². The van der Waals surface area contributed by atoms with Crippen LogP contribution in [0.2, 0.25) is 0 Å². The molecule has 0 bridgehead atoms. The first-order valence-corrected chi connectivity index (χ1v) is 5.93. The fourth-order valence-corrected chi connectivity index (χ4v) is 1.43. The van der Waals surface area contributed by atoms with E-state index in [1.165, 1.54) is 17.2 Å². The lowest BCUT2D eigenvalue weighted by Crippen LogP contribution is -2.29.